The van der Waals surface area contributed by atoms with Crippen molar-refractivity contribution >= 4 is 6.09 Å². The third kappa shape index (κ3) is 4.74. The summed E-state index contributed by atoms with van der Waals surface area (Å²) in [7, 11) is 3.13. The smallest absolute Gasteiger partial charge is 0.406 e. The SMILES string of the molecule is CNC(=O)OCC(N)Cc1ccc(OC)cc1. The van der Waals surface area contributed by atoms with E-state index in [-0.39, 0.29) is 12.6 Å². The molecule has 1 aromatic carbocycles. The molecule has 1 amide bonds. The number of methoxy groups -OCH3 is 1. The van der Waals surface area contributed by atoms with Gasteiger partial charge in [0, 0.05) is 13.1 Å². The van der Waals surface area contributed by atoms with Gasteiger partial charge in [-0.25, -0.2) is 4.79 Å². The quantitative estimate of drug-likeness (QED) is 0.800. The molecule has 94 valence electrons. The lowest BCUT2D eigenvalue weighted by Gasteiger charge is -2.12. The van der Waals surface area contributed by atoms with E-state index in [1.165, 1.54) is 7.05 Å². The molecular formula is C12H18N2O3. The van der Waals surface area contributed by atoms with Gasteiger partial charge < -0.3 is 20.5 Å². The van der Waals surface area contributed by atoms with Gasteiger partial charge in [-0.05, 0) is 24.1 Å². The van der Waals surface area contributed by atoms with Crippen molar-refractivity contribution in [1.29, 1.82) is 0 Å². The van der Waals surface area contributed by atoms with Gasteiger partial charge in [0.1, 0.15) is 12.4 Å². The summed E-state index contributed by atoms with van der Waals surface area (Å²) in [5.74, 6) is 0.809. The zero-order valence-electron chi connectivity index (χ0n) is 10.1. The Labute approximate surface area is 101 Å². The van der Waals surface area contributed by atoms with E-state index >= 15 is 0 Å². The van der Waals surface area contributed by atoms with Crippen LogP contribution in [0.5, 0.6) is 5.75 Å². The van der Waals surface area contributed by atoms with Crippen LogP contribution in [0.4, 0.5) is 4.79 Å². The summed E-state index contributed by atoms with van der Waals surface area (Å²) >= 11 is 0. The Morgan fingerprint density at radius 3 is 2.59 bits per heavy atom. The Hall–Kier alpha value is -1.75. The molecule has 0 radical (unpaired) electrons. The van der Waals surface area contributed by atoms with Crippen molar-refractivity contribution in [2.45, 2.75) is 12.5 Å². The van der Waals surface area contributed by atoms with E-state index in [0.717, 1.165) is 11.3 Å². The van der Waals surface area contributed by atoms with Gasteiger partial charge in [-0.1, -0.05) is 12.1 Å². The Morgan fingerprint density at radius 1 is 1.41 bits per heavy atom. The van der Waals surface area contributed by atoms with Crippen molar-refractivity contribution in [3.63, 3.8) is 0 Å². The van der Waals surface area contributed by atoms with E-state index in [2.05, 4.69) is 5.32 Å². The summed E-state index contributed by atoms with van der Waals surface area (Å²) in [5.41, 5.74) is 6.93. The van der Waals surface area contributed by atoms with Crippen LogP contribution in [0.2, 0.25) is 0 Å². The molecule has 0 aliphatic carbocycles. The molecule has 0 fully saturated rings. The first kappa shape index (κ1) is 13.3. The molecule has 17 heavy (non-hydrogen) atoms. The molecule has 0 aliphatic heterocycles. The van der Waals surface area contributed by atoms with Crippen LogP contribution >= 0.6 is 0 Å². The highest BCUT2D eigenvalue weighted by atomic mass is 16.5. The number of ether oxygens (including phenoxy) is 2. The van der Waals surface area contributed by atoms with Gasteiger partial charge in [-0.3, -0.25) is 0 Å². The summed E-state index contributed by atoms with van der Waals surface area (Å²) in [6, 6.07) is 7.43. The first-order chi connectivity index (χ1) is 8.15. The second kappa shape index (κ2) is 6.75. The molecule has 0 bridgehead atoms. The Kier molecular flexibility index (Phi) is 5.29. The summed E-state index contributed by atoms with van der Waals surface area (Å²) in [5, 5.41) is 2.37. The standard InChI is InChI=1S/C12H18N2O3/c1-14-12(15)17-8-10(13)7-9-3-5-11(16-2)6-4-9/h3-6,10H,7-8,13H2,1-2H3,(H,14,15). The van der Waals surface area contributed by atoms with Crippen LogP contribution in [-0.2, 0) is 11.2 Å². The van der Waals surface area contributed by atoms with Crippen molar-refractivity contribution in [2.24, 2.45) is 5.73 Å². The van der Waals surface area contributed by atoms with Crippen molar-refractivity contribution in [3.8, 4) is 5.75 Å². The number of nitrogens with one attached hydrogen (secondary N) is 1. The number of hydrogen-bond donors (Lipinski definition) is 2. The molecule has 0 heterocycles. The topological polar surface area (TPSA) is 73.6 Å². The van der Waals surface area contributed by atoms with Crippen molar-refractivity contribution < 1.29 is 14.3 Å². The largest absolute Gasteiger partial charge is 0.497 e. The minimum absolute atomic E-state index is 0.200. The number of nitrogens with two attached hydrogens (primary N) is 1. The number of benzene rings is 1. The van der Waals surface area contributed by atoms with Crippen LogP contribution in [0.15, 0.2) is 24.3 Å². The lowest BCUT2D eigenvalue weighted by atomic mass is 10.1. The number of alkyl carbamates (subject to hydrolysis) is 1. The molecule has 1 rings (SSSR count). The summed E-state index contributed by atoms with van der Waals surface area (Å²) in [4.78, 5) is 10.8. The van der Waals surface area contributed by atoms with Crippen molar-refractivity contribution in [1.82, 2.24) is 5.32 Å². The van der Waals surface area contributed by atoms with Crippen LogP contribution in [0.3, 0.4) is 0 Å². The first-order valence-electron chi connectivity index (χ1n) is 5.38. The van der Waals surface area contributed by atoms with Gasteiger partial charge in [0.05, 0.1) is 7.11 Å². The monoisotopic (exact) mass is 238 g/mol. The Balaban J connectivity index is 2.39. The van der Waals surface area contributed by atoms with Gasteiger partial charge in [-0.15, -0.1) is 0 Å². The molecule has 1 unspecified atom stereocenters. The fraction of sp³-hybridized carbons (Fsp3) is 0.417. The minimum Gasteiger partial charge on any atom is -0.497 e. The first-order valence-corrected chi connectivity index (χ1v) is 5.38. The van der Waals surface area contributed by atoms with Gasteiger partial charge >= 0.3 is 6.09 Å². The predicted octanol–water partition coefficient (Wildman–Crippen LogP) is 0.921. The molecule has 0 aromatic heterocycles. The summed E-state index contributed by atoms with van der Waals surface area (Å²) < 4.78 is 9.93. The maximum absolute atomic E-state index is 10.8. The molecule has 5 heteroatoms. The zero-order chi connectivity index (χ0) is 12.7. The molecule has 1 atom stereocenters. The highest BCUT2D eigenvalue weighted by Crippen LogP contribution is 2.12. The van der Waals surface area contributed by atoms with E-state index in [0.29, 0.717) is 6.42 Å². The second-order valence-electron chi connectivity index (χ2n) is 3.66. The van der Waals surface area contributed by atoms with Crippen molar-refractivity contribution in [3.05, 3.63) is 29.8 Å². The van der Waals surface area contributed by atoms with E-state index < -0.39 is 6.09 Å². The fourth-order valence-corrected chi connectivity index (χ4v) is 1.38. The Morgan fingerprint density at radius 2 is 2.06 bits per heavy atom. The van der Waals surface area contributed by atoms with E-state index in [1.807, 2.05) is 24.3 Å². The maximum atomic E-state index is 10.8. The molecular weight excluding hydrogens is 220 g/mol. The molecule has 0 saturated carbocycles. The number of rotatable bonds is 5. The third-order valence-electron chi connectivity index (χ3n) is 2.29. The molecule has 3 N–H and O–H groups in total. The lowest BCUT2D eigenvalue weighted by Crippen LogP contribution is -2.32. The number of carbonyl (C=O) groups is 1. The van der Waals surface area contributed by atoms with Crippen LogP contribution in [0, 0.1) is 0 Å². The highest BCUT2D eigenvalue weighted by Gasteiger charge is 2.07. The molecule has 5 nitrogen and oxygen atoms in total. The molecule has 0 saturated heterocycles. The van der Waals surface area contributed by atoms with Crippen LogP contribution in [-0.4, -0.2) is 32.9 Å². The van der Waals surface area contributed by atoms with Gasteiger partial charge in [0.25, 0.3) is 0 Å². The number of amides is 1. The second-order valence-corrected chi connectivity index (χ2v) is 3.66. The molecule has 0 aliphatic rings. The molecule has 0 spiro atoms. The normalized spacial score (nSPS) is 11.7. The average Bonchev–Trinajstić information content (AvgIpc) is 2.36. The number of carbonyl (C=O) groups excluding carboxylic acids is 1. The lowest BCUT2D eigenvalue weighted by molar-refractivity contribution is 0.141. The third-order valence-corrected chi connectivity index (χ3v) is 2.29. The molecule has 1 aromatic rings. The van der Waals surface area contributed by atoms with Crippen LogP contribution in [0.25, 0.3) is 0 Å². The van der Waals surface area contributed by atoms with Crippen LogP contribution in [0.1, 0.15) is 5.56 Å². The van der Waals surface area contributed by atoms with Gasteiger partial charge in [0.15, 0.2) is 0 Å². The maximum Gasteiger partial charge on any atom is 0.406 e. The zero-order valence-corrected chi connectivity index (χ0v) is 10.1. The van der Waals surface area contributed by atoms with E-state index in [4.69, 9.17) is 15.2 Å². The van der Waals surface area contributed by atoms with Gasteiger partial charge in [-0.2, -0.15) is 0 Å². The average molecular weight is 238 g/mol. The number of hydrogen-bond acceptors (Lipinski definition) is 4. The highest BCUT2D eigenvalue weighted by molar-refractivity contribution is 5.66. The fourth-order valence-electron chi connectivity index (χ4n) is 1.38. The van der Waals surface area contributed by atoms with Crippen LogP contribution < -0.4 is 15.8 Å². The summed E-state index contributed by atoms with van der Waals surface area (Å²) in [6.45, 7) is 0.200. The minimum atomic E-state index is -0.463. The van der Waals surface area contributed by atoms with E-state index in [9.17, 15) is 4.79 Å². The van der Waals surface area contributed by atoms with Gasteiger partial charge in [0.2, 0.25) is 0 Å². The summed E-state index contributed by atoms with van der Waals surface area (Å²) in [6.07, 6.45) is 0.191. The van der Waals surface area contributed by atoms with E-state index in [1.54, 1.807) is 7.11 Å². The Bertz CT molecular complexity index is 351. The predicted molar refractivity (Wildman–Crippen MR) is 65.1 cm³/mol. The van der Waals surface area contributed by atoms with Crippen molar-refractivity contribution in [2.75, 3.05) is 20.8 Å².